The Kier molecular flexibility index (Phi) is 4.20. The minimum Gasteiger partial charge on any atom is -0.281 e. The fraction of sp³-hybridized carbons (Fsp3) is 0.222. The number of hydroxylamine groups is 1. The van der Waals surface area contributed by atoms with Crippen LogP contribution < -0.4 is 5.06 Å². The van der Waals surface area contributed by atoms with Gasteiger partial charge in [0.15, 0.2) is 0 Å². The molecule has 76 valence electrons. The van der Waals surface area contributed by atoms with Crippen LogP contribution in [0.15, 0.2) is 24.3 Å². The van der Waals surface area contributed by atoms with Crippen molar-refractivity contribution in [3.63, 3.8) is 0 Å². The first-order chi connectivity index (χ1) is 6.65. The molecule has 0 unspecified atom stereocenters. The van der Waals surface area contributed by atoms with E-state index >= 15 is 0 Å². The Hall–Kier alpha value is -0.770. The third-order valence-electron chi connectivity index (χ3n) is 1.62. The molecule has 0 saturated heterocycles. The van der Waals surface area contributed by atoms with Crippen LogP contribution in [0.25, 0.3) is 0 Å². The van der Waals surface area contributed by atoms with Crippen LogP contribution in [0.4, 0.5) is 5.69 Å². The topological polar surface area (TPSA) is 40.5 Å². The number of halogens is 2. The fourth-order valence-corrected chi connectivity index (χ4v) is 1.20. The van der Waals surface area contributed by atoms with Crippen molar-refractivity contribution < 1.29 is 10.0 Å². The molecule has 1 aromatic rings. The molecule has 1 N–H and O–H groups in total. The van der Waals surface area contributed by atoms with E-state index in [9.17, 15) is 10.0 Å². The van der Waals surface area contributed by atoms with E-state index in [1.54, 1.807) is 24.3 Å². The highest BCUT2D eigenvalue weighted by molar-refractivity contribution is 6.30. The zero-order valence-electron chi connectivity index (χ0n) is 7.28. The molecule has 1 amide bonds. The first kappa shape index (κ1) is 11.3. The van der Waals surface area contributed by atoms with E-state index in [0.29, 0.717) is 15.8 Å². The summed E-state index contributed by atoms with van der Waals surface area (Å²) in [6.45, 7) is 0. The van der Waals surface area contributed by atoms with Gasteiger partial charge in [-0.2, -0.15) is 5.06 Å². The van der Waals surface area contributed by atoms with Crippen molar-refractivity contribution in [2.45, 2.75) is 6.42 Å². The first-order valence-electron chi connectivity index (χ1n) is 3.98. The van der Waals surface area contributed by atoms with Gasteiger partial charge in [-0.3, -0.25) is 10.0 Å². The minimum atomic E-state index is -0.442. The molecule has 0 heterocycles. The van der Waals surface area contributed by atoms with E-state index in [-0.39, 0.29) is 12.3 Å². The average Bonchev–Trinajstić information content (AvgIpc) is 2.18. The smallest absolute Gasteiger partial charge is 0.251 e. The van der Waals surface area contributed by atoms with E-state index in [0.717, 1.165) is 0 Å². The van der Waals surface area contributed by atoms with Crippen molar-refractivity contribution in [1.29, 1.82) is 0 Å². The lowest BCUT2D eigenvalue weighted by Gasteiger charge is -2.13. The molecular formula is C9H9Cl2NO2. The second-order valence-corrected chi connectivity index (χ2v) is 3.44. The van der Waals surface area contributed by atoms with Gasteiger partial charge in [0.25, 0.3) is 5.91 Å². The fourth-order valence-electron chi connectivity index (χ4n) is 0.913. The summed E-state index contributed by atoms with van der Waals surface area (Å²) < 4.78 is 0. The zero-order valence-corrected chi connectivity index (χ0v) is 8.79. The predicted octanol–water partition coefficient (Wildman–Crippen LogP) is 2.69. The average molecular weight is 234 g/mol. The Morgan fingerprint density at radius 2 is 1.93 bits per heavy atom. The second kappa shape index (κ2) is 5.20. The molecule has 5 heteroatoms. The summed E-state index contributed by atoms with van der Waals surface area (Å²) in [6, 6.07) is 6.28. The summed E-state index contributed by atoms with van der Waals surface area (Å²) in [5.41, 5.74) is 0.379. The van der Waals surface area contributed by atoms with Gasteiger partial charge in [0.1, 0.15) is 0 Å². The van der Waals surface area contributed by atoms with E-state index in [2.05, 4.69) is 0 Å². The van der Waals surface area contributed by atoms with Crippen LogP contribution >= 0.6 is 23.2 Å². The van der Waals surface area contributed by atoms with Crippen LogP contribution in [-0.4, -0.2) is 17.0 Å². The quantitative estimate of drug-likeness (QED) is 0.496. The van der Waals surface area contributed by atoms with Crippen molar-refractivity contribution in [2.75, 3.05) is 10.9 Å². The Labute approximate surface area is 91.8 Å². The summed E-state index contributed by atoms with van der Waals surface area (Å²) in [7, 11) is 0. The lowest BCUT2D eigenvalue weighted by atomic mass is 10.3. The van der Waals surface area contributed by atoms with Gasteiger partial charge < -0.3 is 0 Å². The number of amides is 1. The van der Waals surface area contributed by atoms with Crippen LogP contribution in [0, 0.1) is 0 Å². The molecular weight excluding hydrogens is 225 g/mol. The summed E-state index contributed by atoms with van der Waals surface area (Å²) in [5, 5.41) is 10.5. The van der Waals surface area contributed by atoms with Gasteiger partial charge in [-0.1, -0.05) is 11.6 Å². The third-order valence-corrected chi connectivity index (χ3v) is 2.06. The lowest BCUT2D eigenvalue weighted by Crippen LogP contribution is -2.26. The molecule has 0 aliphatic carbocycles. The van der Waals surface area contributed by atoms with Gasteiger partial charge in [0, 0.05) is 17.3 Å². The Morgan fingerprint density at radius 3 is 2.43 bits per heavy atom. The maximum atomic E-state index is 11.2. The Bertz CT molecular complexity index is 313. The number of carbonyl (C=O) groups excluding carboxylic acids is 1. The van der Waals surface area contributed by atoms with Crippen LogP contribution in [0.1, 0.15) is 6.42 Å². The Morgan fingerprint density at radius 1 is 1.36 bits per heavy atom. The van der Waals surface area contributed by atoms with Gasteiger partial charge in [0.05, 0.1) is 5.69 Å². The van der Waals surface area contributed by atoms with Crippen molar-refractivity contribution in [2.24, 2.45) is 0 Å². The maximum absolute atomic E-state index is 11.2. The van der Waals surface area contributed by atoms with E-state index in [1.807, 2.05) is 0 Å². The Balaban J connectivity index is 2.73. The molecule has 1 rings (SSSR count). The molecule has 0 bridgehead atoms. The molecule has 0 atom stereocenters. The van der Waals surface area contributed by atoms with Gasteiger partial charge in [0.2, 0.25) is 0 Å². The molecule has 0 spiro atoms. The highest BCUT2D eigenvalue weighted by atomic mass is 35.5. The van der Waals surface area contributed by atoms with Crippen LogP contribution in [0.2, 0.25) is 5.02 Å². The SMILES string of the molecule is O=C(CCCl)N(O)c1ccc(Cl)cc1. The second-order valence-electron chi connectivity index (χ2n) is 2.62. The highest BCUT2D eigenvalue weighted by Crippen LogP contribution is 2.17. The zero-order chi connectivity index (χ0) is 10.6. The normalized spacial score (nSPS) is 9.93. The maximum Gasteiger partial charge on any atom is 0.251 e. The van der Waals surface area contributed by atoms with Crippen molar-refractivity contribution in [3.8, 4) is 0 Å². The van der Waals surface area contributed by atoms with Crippen molar-refractivity contribution in [3.05, 3.63) is 29.3 Å². The number of nitrogens with zero attached hydrogens (tertiary/aromatic N) is 1. The molecule has 3 nitrogen and oxygen atoms in total. The monoisotopic (exact) mass is 233 g/mol. The van der Waals surface area contributed by atoms with Crippen LogP contribution in [-0.2, 0) is 4.79 Å². The van der Waals surface area contributed by atoms with E-state index in [1.165, 1.54) is 0 Å². The highest BCUT2D eigenvalue weighted by Gasteiger charge is 2.11. The summed E-state index contributed by atoms with van der Waals surface area (Å²) in [6.07, 6.45) is 0.0979. The number of benzene rings is 1. The molecule has 0 aliphatic rings. The van der Waals surface area contributed by atoms with Gasteiger partial charge in [-0.25, -0.2) is 0 Å². The largest absolute Gasteiger partial charge is 0.281 e. The first-order valence-corrected chi connectivity index (χ1v) is 4.89. The number of carbonyl (C=O) groups is 1. The number of hydrogen-bond acceptors (Lipinski definition) is 2. The lowest BCUT2D eigenvalue weighted by molar-refractivity contribution is -0.123. The van der Waals surface area contributed by atoms with Crippen LogP contribution in [0.3, 0.4) is 0 Å². The molecule has 0 aromatic heterocycles. The summed E-state index contributed by atoms with van der Waals surface area (Å²) in [4.78, 5) is 11.2. The molecule has 1 aromatic carbocycles. The van der Waals surface area contributed by atoms with Gasteiger partial charge in [-0.05, 0) is 24.3 Å². The van der Waals surface area contributed by atoms with Crippen molar-refractivity contribution >= 4 is 34.8 Å². The van der Waals surface area contributed by atoms with Gasteiger partial charge in [-0.15, -0.1) is 11.6 Å². The number of alkyl halides is 1. The standard InChI is InChI=1S/C9H9Cl2NO2/c10-6-5-9(13)12(14)8-3-1-7(11)2-4-8/h1-4,14H,5-6H2. The molecule has 0 saturated carbocycles. The van der Waals surface area contributed by atoms with Gasteiger partial charge >= 0.3 is 0 Å². The van der Waals surface area contributed by atoms with Crippen LogP contribution in [0.5, 0.6) is 0 Å². The number of rotatable bonds is 3. The molecule has 0 aliphatic heterocycles. The predicted molar refractivity (Wildman–Crippen MR) is 56.1 cm³/mol. The molecule has 0 fully saturated rings. The number of hydrogen-bond donors (Lipinski definition) is 1. The molecule has 0 radical (unpaired) electrons. The van der Waals surface area contributed by atoms with Crippen molar-refractivity contribution in [1.82, 2.24) is 0 Å². The summed E-state index contributed by atoms with van der Waals surface area (Å²) in [5.74, 6) is -0.258. The van der Waals surface area contributed by atoms with E-state index in [4.69, 9.17) is 23.2 Å². The summed E-state index contributed by atoms with van der Waals surface area (Å²) >= 11 is 11.0. The number of anilines is 1. The third kappa shape index (κ3) is 2.87. The molecule has 14 heavy (non-hydrogen) atoms. The minimum absolute atomic E-state index is 0.0979. The van der Waals surface area contributed by atoms with E-state index < -0.39 is 5.91 Å².